The van der Waals surface area contributed by atoms with Crippen molar-refractivity contribution < 1.29 is 9.90 Å². The minimum absolute atomic E-state index is 0.0823. The number of rotatable bonds is 3. The highest BCUT2D eigenvalue weighted by atomic mass is 16.3. The van der Waals surface area contributed by atoms with Crippen molar-refractivity contribution in [1.82, 2.24) is 9.80 Å². The van der Waals surface area contributed by atoms with Crippen LogP contribution in [0.4, 0.5) is 0 Å². The Kier molecular flexibility index (Phi) is 4.53. The fourth-order valence-electron chi connectivity index (χ4n) is 1.66. The number of hydrogen-bond donors (Lipinski definition) is 1. The lowest BCUT2D eigenvalue weighted by Gasteiger charge is -2.34. The van der Waals surface area contributed by atoms with Crippen molar-refractivity contribution in [3.63, 3.8) is 0 Å². The van der Waals surface area contributed by atoms with E-state index in [0.717, 1.165) is 13.1 Å². The second-order valence-electron chi connectivity index (χ2n) is 3.74. The molecule has 1 fully saturated rings. The van der Waals surface area contributed by atoms with Gasteiger partial charge < -0.3 is 10.0 Å². The first-order valence-corrected chi connectivity index (χ1v) is 5.20. The van der Waals surface area contributed by atoms with Crippen molar-refractivity contribution in [2.75, 3.05) is 39.3 Å². The van der Waals surface area contributed by atoms with Crippen molar-refractivity contribution in [2.45, 2.75) is 6.92 Å². The van der Waals surface area contributed by atoms with Gasteiger partial charge in [-0.2, -0.15) is 5.26 Å². The van der Waals surface area contributed by atoms with Gasteiger partial charge in [-0.05, 0) is 6.92 Å². The van der Waals surface area contributed by atoms with Crippen LogP contribution >= 0.6 is 0 Å². The van der Waals surface area contributed by atoms with Gasteiger partial charge >= 0.3 is 0 Å². The quantitative estimate of drug-likeness (QED) is 0.669. The third-order valence-corrected chi connectivity index (χ3v) is 2.66. The van der Waals surface area contributed by atoms with Crippen molar-refractivity contribution in [3.05, 3.63) is 0 Å². The minimum atomic E-state index is -0.547. The molecule has 1 heterocycles. The lowest BCUT2D eigenvalue weighted by molar-refractivity contribution is -0.135. The molecule has 1 rings (SSSR count). The number of nitrogens with zero attached hydrogens (tertiary/aromatic N) is 3. The molecule has 5 nitrogen and oxygen atoms in total. The van der Waals surface area contributed by atoms with E-state index in [4.69, 9.17) is 10.4 Å². The molecule has 15 heavy (non-hydrogen) atoms. The molecule has 0 aromatic carbocycles. The maximum absolute atomic E-state index is 11.6. The van der Waals surface area contributed by atoms with Crippen LogP contribution in [0.2, 0.25) is 0 Å². The predicted octanol–water partition coefficient (Wildman–Crippen LogP) is -0.717. The second-order valence-corrected chi connectivity index (χ2v) is 3.74. The molecule has 1 N–H and O–H groups in total. The standard InChI is InChI=1S/C10H17N3O2/c1-9(8-11)10(15)13-4-2-12(3-5-13)6-7-14/h9,14H,2-7H2,1H3. The Morgan fingerprint density at radius 2 is 2.07 bits per heavy atom. The maximum Gasteiger partial charge on any atom is 0.239 e. The Balaban J connectivity index is 2.37. The molecule has 0 spiro atoms. The summed E-state index contributed by atoms with van der Waals surface area (Å²) in [5.41, 5.74) is 0. The summed E-state index contributed by atoms with van der Waals surface area (Å²) in [6, 6.07) is 1.95. The first-order valence-electron chi connectivity index (χ1n) is 5.20. The third kappa shape index (κ3) is 3.18. The molecule has 1 aliphatic rings. The molecule has 1 atom stereocenters. The molecule has 5 heteroatoms. The van der Waals surface area contributed by atoms with Gasteiger partial charge in [-0.15, -0.1) is 0 Å². The lowest BCUT2D eigenvalue weighted by Crippen LogP contribution is -2.50. The van der Waals surface area contributed by atoms with Crippen molar-refractivity contribution in [2.24, 2.45) is 5.92 Å². The summed E-state index contributed by atoms with van der Waals surface area (Å²) in [4.78, 5) is 15.5. The van der Waals surface area contributed by atoms with E-state index >= 15 is 0 Å². The lowest BCUT2D eigenvalue weighted by atomic mass is 10.1. The van der Waals surface area contributed by atoms with Gasteiger partial charge in [-0.1, -0.05) is 0 Å². The molecule has 0 aromatic heterocycles. The molecule has 1 amide bonds. The summed E-state index contributed by atoms with van der Waals surface area (Å²) in [6.07, 6.45) is 0. The summed E-state index contributed by atoms with van der Waals surface area (Å²) < 4.78 is 0. The highest BCUT2D eigenvalue weighted by Crippen LogP contribution is 2.06. The number of carbonyl (C=O) groups is 1. The van der Waals surface area contributed by atoms with Crippen LogP contribution in [-0.2, 0) is 4.79 Å². The Morgan fingerprint density at radius 3 is 2.53 bits per heavy atom. The fourth-order valence-corrected chi connectivity index (χ4v) is 1.66. The van der Waals surface area contributed by atoms with Gasteiger partial charge in [-0.25, -0.2) is 0 Å². The smallest absolute Gasteiger partial charge is 0.239 e. The number of β-amino-alcohol motifs (C(OH)–C–C–N with tert-alkyl or cyclic N) is 1. The van der Waals surface area contributed by atoms with Gasteiger partial charge in [0, 0.05) is 32.7 Å². The zero-order valence-electron chi connectivity index (χ0n) is 9.02. The summed E-state index contributed by atoms with van der Waals surface area (Å²) >= 11 is 0. The van der Waals surface area contributed by atoms with E-state index in [2.05, 4.69) is 4.90 Å². The van der Waals surface area contributed by atoms with E-state index in [1.165, 1.54) is 0 Å². The van der Waals surface area contributed by atoms with Crippen LogP contribution in [0, 0.1) is 17.2 Å². The average Bonchev–Trinajstić information content (AvgIpc) is 2.28. The molecule has 1 saturated heterocycles. The monoisotopic (exact) mass is 211 g/mol. The Hall–Kier alpha value is -1.12. The third-order valence-electron chi connectivity index (χ3n) is 2.66. The molecule has 0 aromatic rings. The molecule has 0 saturated carbocycles. The van der Waals surface area contributed by atoms with E-state index in [0.29, 0.717) is 19.6 Å². The summed E-state index contributed by atoms with van der Waals surface area (Å²) in [6.45, 7) is 5.32. The van der Waals surface area contributed by atoms with E-state index in [1.807, 2.05) is 6.07 Å². The van der Waals surface area contributed by atoms with Crippen LogP contribution in [0.15, 0.2) is 0 Å². The van der Waals surface area contributed by atoms with Gasteiger partial charge in [0.2, 0.25) is 5.91 Å². The van der Waals surface area contributed by atoms with Gasteiger partial charge in [0.05, 0.1) is 12.7 Å². The van der Waals surface area contributed by atoms with Crippen LogP contribution in [0.5, 0.6) is 0 Å². The number of hydrogen-bond acceptors (Lipinski definition) is 4. The van der Waals surface area contributed by atoms with Crippen molar-refractivity contribution in [3.8, 4) is 6.07 Å². The highest BCUT2D eigenvalue weighted by molar-refractivity contribution is 5.80. The largest absolute Gasteiger partial charge is 0.395 e. The molecule has 0 bridgehead atoms. The van der Waals surface area contributed by atoms with E-state index in [-0.39, 0.29) is 12.5 Å². The Morgan fingerprint density at radius 1 is 1.47 bits per heavy atom. The van der Waals surface area contributed by atoms with Crippen LogP contribution < -0.4 is 0 Å². The predicted molar refractivity (Wildman–Crippen MR) is 54.9 cm³/mol. The van der Waals surface area contributed by atoms with Gasteiger partial charge in [0.1, 0.15) is 5.92 Å². The normalized spacial score (nSPS) is 19.7. The molecule has 0 aliphatic carbocycles. The first kappa shape index (κ1) is 12.0. The number of aliphatic hydroxyl groups is 1. The molecular weight excluding hydrogens is 194 g/mol. The van der Waals surface area contributed by atoms with Gasteiger partial charge in [0.15, 0.2) is 0 Å². The van der Waals surface area contributed by atoms with Crippen LogP contribution in [0.1, 0.15) is 6.92 Å². The minimum Gasteiger partial charge on any atom is -0.395 e. The van der Waals surface area contributed by atoms with Crippen molar-refractivity contribution >= 4 is 5.91 Å². The Labute approximate surface area is 89.9 Å². The molecule has 1 unspecified atom stereocenters. The van der Waals surface area contributed by atoms with E-state index in [9.17, 15) is 4.79 Å². The Bertz CT molecular complexity index is 254. The first-order chi connectivity index (χ1) is 7.19. The fraction of sp³-hybridized carbons (Fsp3) is 0.800. The van der Waals surface area contributed by atoms with Crippen molar-refractivity contribution in [1.29, 1.82) is 5.26 Å². The van der Waals surface area contributed by atoms with E-state index in [1.54, 1.807) is 11.8 Å². The molecular formula is C10H17N3O2. The number of aliphatic hydroxyl groups excluding tert-OH is 1. The molecule has 0 radical (unpaired) electrons. The maximum atomic E-state index is 11.6. The van der Waals surface area contributed by atoms with Gasteiger partial charge in [0.25, 0.3) is 0 Å². The zero-order chi connectivity index (χ0) is 11.3. The number of piperazine rings is 1. The topological polar surface area (TPSA) is 67.6 Å². The number of carbonyl (C=O) groups excluding carboxylic acids is 1. The van der Waals surface area contributed by atoms with Crippen LogP contribution in [0.25, 0.3) is 0 Å². The van der Waals surface area contributed by atoms with Gasteiger partial charge in [-0.3, -0.25) is 9.69 Å². The SMILES string of the molecule is CC(C#N)C(=O)N1CCN(CCO)CC1. The average molecular weight is 211 g/mol. The summed E-state index contributed by atoms with van der Waals surface area (Å²) in [5.74, 6) is -0.629. The molecule has 84 valence electrons. The summed E-state index contributed by atoms with van der Waals surface area (Å²) in [5, 5.41) is 17.4. The number of amides is 1. The van der Waals surface area contributed by atoms with Crippen LogP contribution in [0.3, 0.4) is 0 Å². The summed E-state index contributed by atoms with van der Waals surface area (Å²) in [7, 11) is 0. The van der Waals surface area contributed by atoms with Crippen LogP contribution in [-0.4, -0.2) is 60.1 Å². The second kappa shape index (κ2) is 5.69. The molecule has 1 aliphatic heterocycles. The number of nitriles is 1. The highest BCUT2D eigenvalue weighted by Gasteiger charge is 2.24. The van der Waals surface area contributed by atoms with E-state index < -0.39 is 5.92 Å². The zero-order valence-corrected chi connectivity index (χ0v) is 9.02.